The van der Waals surface area contributed by atoms with Gasteiger partial charge in [-0.3, -0.25) is 4.79 Å². The van der Waals surface area contributed by atoms with E-state index >= 15 is 0 Å². The Morgan fingerprint density at radius 1 is 1.39 bits per heavy atom. The minimum atomic E-state index is 0.0491. The minimum Gasteiger partial charge on any atom is -0.348 e. The van der Waals surface area contributed by atoms with Crippen LogP contribution >= 0.6 is 0 Å². The molecule has 2 N–H and O–H groups in total. The highest BCUT2D eigenvalue weighted by Crippen LogP contribution is 2.14. The molecule has 1 fully saturated rings. The first-order valence-electron chi connectivity index (χ1n) is 6.67. The molecule has 0 bridgehead atoms. The lowest BCUT2D eigenvalue weighted by Crippen LogP contribution is -2.50. The van der Waals surface area contributed by atoms with Gasteiger partial charge in [-0.05, 0) is 44.4 Å². The Hall–Kier alpha value is -1.35. The third-order valence-electron chi connectivity index (χ3n) is 3.77. The van der Waals surface area contributed by atoms with Crippen LogP contribution in [0.5, 0.6) is 0 Å². The highest BCUT2D eigenvalue weighted by molar-refractivity contribution is 5.95. The van der Waals surface area contributed by atoms with E-state index in [1.165, 1.54) is 5.56 Å². The fourth-order valence-electron chi connectivity index (χ4n) is 2.50. The average molecular weight is 246 g/mol. The summed E-state index contributed by atoms with van der Waals surface area (Å²) in [5.74, 6) is 0.592. The van der Waals surface area contributed by atoms with Gasteiger partial charge in [-0.15, -0.1) is 0 Å². The normalized spacial score (nSPS) is 23.7. The van der Waals surface area contributed by atoms with E-state index in [0.717, 1.165) is 30.6 Å². The van der Waals surface area contributed by atoms with Crippen molar-refractivity contribution < 1.29 is 4.79 Å². The predicted molar refractivity (Wildman–Crippen MR) is 73.8 cm³/mol. The minimum absolute atomic E-state index is 0.0491. The second kappa shape index (κ2) is 5.53. The first kappa shape index (κ1) is 13.1. The summed E-state index contributed by atoms with van der Waals surface area (Å²) in [4.78, 5) is 12.3. The van der Waals surface area contributed by atoms with Crippen LogP contribution in [0.25, 0.3) is 0 Å². The zero-order valence-corrected chi connectivity index (χ0v) is 11.4. The van der Waals surface area contributed by atoms with E-state index < -0.39 is 0 Å². The molecule has 1 amide bonds. The van der Waals surface area contributed by atoms with Crippen molar-refractivity contribution in [1.29, 1.82) is 0 Å². The maximum Gasteiger partial charge on any atom is 0.251 e. The molecule has 1 aliphatic heterocycles. The van der Waals surface area contributed by atoms with E-state index in [2.05, 4.69) is 23.6 Å². The van der Waals surface area contributed by atoms with E-state index in [9.17, 15) is 4.79 Å². The van der Waals surface area contributed by atoms with Gasteiger partial charge in [0.05, 0.1) is 0 Å². The maximum absolute atomic E-state index is 12.3. The van der Waals surface area contributed by atoms with Gasteiger partial charge in [0.2, 0.25) is 0 Å². The summed E-state index contributed by atoms with van der Waals surface area (Å²) in [5, 5.41) is 6.47. The quantitative estimate of drug-likeness (QED) is 0.838. The van der Waals surface area contributed by atoms with E-state index in [1.807, 2.05) is 26.0 Å². The van der Waals surface area contributed by atoms with E-state index in [0.29, 0.717) is 5.92 Å². The molecular weight excluding hydrogens is 224 g/mol. The van der Waals surface area contributed by atoms with Crippen LogP contribution in [0.1, 0.15) is 34.8 Å². The van der Waals surface area contributed by atoms with Crippen molar-refractivity contribution in [1.82, 2.24) is 10.6 Å². The van der Waals surface area contributed by atoms with Gasteiger partial charge in [-0.2, -0.15) is 0 Å². The number of carbonyl (C=O) groups is 1. The molecule has 0 aliphatic carbocycles. The topological polar surface area (TPSA) is 41.1 Å². The number of carbonyl (C=O) groups excluding carboxylic acids is 1. The van der Waals surface area contributed by atoms with Crippen molar-refractivity contribution >= 4 is 5.91 Å². The molecule has 1 aliphatic rings. The molecule has 0 spiro atoms. The van der Waals surface area contributed by atoms with Crippen LogP contribution in [0.15, 0.2) is 18.2 Å². The number of nitrogens with one attached hydrogen (secondary N) is 2. The molecule has 0 saturated carbocycles. The van der Waals surface area contributed by atoms with Crippen LogP contribution in [0.4, 0.5) is 0 Å². The summed E-state index contributed by atoms with van der Waals surface area (Å²) in [7, 11) is 0. The van der Waals surface area contributed by atoms with Crippen LogP contribution in [0, 0.1) is 19.8 Å². The lowest BCUT2D eigenvalue weighted by Gasteiger charge is -2.30. The summed E-state index contributed by atoms with van der Waals surface area (Å²) in [6, 6.07) is 6.20. The molecule has 3 heteroatoms. The first-order valence-corrected chi connectivity index (χ1v) is 6.67. The second-order valence-electron chi connectivity index (χ2n) is 5.37. The van der Waals surface area contributed by atoms with E-state index in [4.69, 9.17) is 0 Å². The molecule has 1 aromatic carbocycles. The molecular formula is C15H22N2O. The van der Waals surface area contributed by atoms with Gasteiger partial charge in [0.25, 0.3) is 5.91 Å². The number of aryl methyl sites for hydroxylation is 2. The number of rotatable bonds is 2. The van der Waals surface area contributed by atoms with Crippen molar-refractivity contribution in [3.63, 3.8) is 0 Å². The highest BCUT2D eigenvalue weighted by atomic mass is 16.1. The molecule has 0 aromatic heterocycles. The van der Waals surface area contributed by atoms with Gasteiger partial charge in [0.15, 0.2) is 0 Å². The average Bonchev–Trinajstić information content (AvgIpc) is 2.32. The molecule has 1 saturated heterocycles. The summed E-state index contributed by atoms with van der Waals surface area (Å²) < 4.78 is 0. The fraction of sp³-hybridized carbons (Fsp3) is 0.533. The Balaban J connectivity index is 2.07. The van der Waals surface area contributed by atoms with Crippen LogP contribution < -0.4 is 10.6 Å². The van der Waals surface area contributed by atoms with Gasteiger partial charge in [-0.1, -0.05) is 24.6 Å². The second-order valence-corrected chi connectivity index (χ2v) is 5.37. The zero-order valence-electron chi connectivity index (χ0n) is 11.4. The maximum atomic E-state index is 12.3. The van der Waals surface area contributed by atoms with Crippen LogP contribution in [0.2, 0.25) is 0 Å². The van der Waals surface area contributed by atoms with Crippen molar-refractivity contribution in [3.8, 4) is 0 Å². The standard InChI is InChI=1S/C15H22N2O/c1-10-4-5-13(12(3)8-10)15(18)17-14-9-16-7-6-11(14)2/h4-5,8,11,14,16H,6-7,9H2,1-3H3,(H,17,18)/t11-,14+/m0/s1. The molecule has 18 heavy (non-hydrogen) atoms. The van der Waals surface area contributed by atoms with Crippen LogP contribution in [-0.2, 0) is 0 Å². The zero-order chi connectivity index (χ0) is 13.1. The third-order valence-corrected chi connectivity index (χ3v) is 3.77. The van der Waals surface area contributed by atoms with Crippen molar-refractivity contribution in [2.75, 3.05) is 13.1 Å². The van der Waals surface area contributed by atoms with Gasteiger partial charge >= 0.3 is 0 Å². The molecule has 0 radical (unpaired) electrons. The monoisotopic (exact) mass is 246 g/mol. The van der Waals surface area contributed by atoms with Gasteiger partial charge in [0.1, 0.15) is 0 Å². The molecule has 3 nitrogen and oxygen atoms in total. The Kier molecular flexibility index (Phi) is 4.02. The van der Waals surface area contributed by atoms with Crippen molar-refractivity contribution in [2.45, 2.75) is 33.2 Å². The molecule has 2 atom stereocenters. The highest BCUT2D eigenvalue weighted by Gasteiger charge is 2.23. The number of piperidine rings is 1. The number of hydrogen-bond acceptors (Lipinski definition) is 2. The largest absolute Gasteiger partial charge is 0.348 e. The summed E-state index contributed by atoms with van der Waals surface area (Å²) in [6.07, 6.45) is 1.12. The molecule has 1 heterocycles. The molecule has 98 valence electrons. The lowest BCUT2D eigenvalue weighted by atomic mass is 9.94. The summed E-state index contributed by atoms with van der Waals surface area (Å²) in [6.45, 7) is 8.16. The van der Waals surface area contributed by atoms with Crippen LogP contribution in [-0.4, -0.2) is 25.0 Å². The van der Waals surface area contributed by atoms with E-state index in [-0.39, 0.29) is 11.9 Å². The van der Waals surface area contributed by atoms with Crippen molar-refractivity contribution in [2.24, 2.45) is 5.92 Å². The van der Waals surface area contributed by atoms with Gasteiger partial charge in [-0.25, -0.2) is 0 Å². The Morgan fingerprint density at radius 3 is 2.83 bits per heavy atom. The van der Waals surface area contributed by atoms with Crippen molar-refractivity contribution in [3.05, 3.63) is 34.9 Å². The first-order chi connectivity index (χ1) is 8.58. The number of amides is 1. The molecule has 1 aromatic rings. The molecule has 2 rings (SSSR count). The van der Waals surface area contributed by atoms with Gasteiger partial charge in [0, 0.05) is 18.2 Å². The van der Waals surface area contributed by atoms with E-state index in [1.54, 1.807) is 0 Å². The summed E-state index contributed by atoms with van der Waals surface area (Å²) >= 11 is 0. The predicted octanol–water partition coefficient (Wildman–Crippen LogP) is 2.03. The lowest BCUT2D eigenvalue weighted by molar-refractivity contribution is 0.0914. The van der Waals surface area contributed by atoms with Crippen LogP contribution in [0.3, 0.4) is 0 Å². The Labute approximate surface area is 109 Å². The third kappa shape index (κ3) is 2.91. The Bertz CT molecular complexity index is 442. The SMILES string of the molecule is Cc1ccc(C(=O)N[C@@H]2CNCC[C@@H]2C)c(C)c1. The summed E-state index contributed by atoms with van der Waals surface area (Å²) in [5.41, 5.74) is 3.03. The Morgan fingerprint density at radius 2 is 2.17 bits per heavy atom. The number of hydrogen-bond donors (Lipinski definition) is 2. The van der Waals surface area contributed by atoms with Gasteiger partial charge < -0.3 is 10.6 Å². The fourth-order valence-corrected chi connectivity index (χ4v) is 2.50. The number of benzene rings is 1. The molecule has 0 unspecified atom stereocenters. The smallest absolute Gasteiger partial charge is 0.251 e.